The summed E-state index contributed by atoms with van der Waals surface area (Å²) in [5, 5.41) is 1.84. The Balaban J connectivity index is 2.16. The molecule has 0 atom stereocenters. The van der Waals surface area contributed by atoms with E-state index in [1.165, 1.54) is 11.8 Å². The summed E-state index contributed by atoms with van der Waals surface area (Å²) in [6, 6.07) is 7.81. The van der Waals surface area contributed by atoms with Gasteiger partial charge in [-0.25, -0.2) is 9.97 Å². The zero-order valence-electron chi connectivity index (χ0n) is 8.43. The van der Waals surface area contributed by atoms with Gasteiger partial charge in [0.15, 0.2) is 0 Å². The zero-order valence-corrected chi connectivity index (χ0v) is 10.8. The summed E-state index contributed by atoms with van der Waals surface area (Å²) in [5.41, 5.74) is 6.65. The molecule has 0 aliphatic carbocycles. The van der Waals surface area contributed by atoms with E-state index in [1.54, 1.807) is 12.4 Å². The lowest BCUT2D eigenvalue weighted by Crippen LogP contribution is -1.96. The van der Waals surface area contributed by atoms with Gasteiger partial charge in [-0.2, -0.15) is 0 Å². The molecular weight excluding hydrogens is 286 g/mol. The number of nitrogens with two attached hydrogens (primary N) is 1. The SMILES string of the molecule is NCc1ccnc(Sc2ccc(Br)cn2)c1. The van der Waals surface area contributed by atoms with E-state index in [9.17, 15) is 0 Å². The first-order valence-corrected chi connectivity index (χ1v) is 6.33. The highest BCUT2D eigenvalue weighted by molar-refractivity contribution is 9.10. The molecule has 2 N–H and O–H groups in total. The second-order valence-electron chi connectivity index (χ2n) is 3.12. The molecule has 0 unspecified atom stereocenters. The standard InChI is InChI=1S/C11H10BrN3S/c12-9-1-2-10(15-7-9)16-11-5-8(6-13)3-4-14-11/h1-5,7H,6,13H2. The topological polar surface area (TPSA) is 51.8 Å². The Morgan fingerprint density at radius 3 is 2.75 bits per heavy atom. The molecule has 16 heavy (non-hydrogen) atoms. The van der Waals surface area contributed by atoms with Crippen LogP contribution in [0.25, 0.3) is 0 Å². The third-order valence-electron chi connectivity index (χ3n) is 1.94. The molecule has 0 bridgehead atoms. The van der Waals surface area contributed by atoms with Crippen LogP contribution in [0.15, 0.2) is 51.2 Å². The Hall–Kier alpha value is -0.910. The zero-order chi connectivity index (χ0) is 11.4. The second kappa shape index (κ2) is 5.43. The van der Waals surface area contributed by atoms with Crippen molar-refractivity contribution >= 4 is 27.7 Å². The van der Waals surface area contributed by atoms with Gasteiger partial charge in [0, 0.05) is 23.4 Å². The monoisotopic (exact) mass is 295 g/mol. The van der Waals surface area contributed by atoms with Crippen molar-refractivity contribution in [2.45, 2.75) is 16.6 Å². The van der Waals surface area contributed by atoms with Gasteiger partial charge in [0.1, 0.15) is 10.1 Å². The molecule has 0 spiro atoms. The lowest BCUT2D eigenvalue weighted by atomic mass is 10.3. The van der Waals surface area contributed by atoms with Gasteiger partial charge in [0.25, 0.3) is 0 Å². The van der Waals surface area contributed by atoms with E-state index in [0.29, 0.717) is 6.54 Å². The molecule has 2 rings (SSSR count). The van der Waals surface area contributed by atoms with E-state index < -0.39 is 0 Å². The van der Waals surface area contributed by atoms with E-state index >= 15 is 0 Å². The van der Waals surface area contributed by atoms with Crippen LogP contribution in [0.2, 0.25) is 0 Å². The van der Waals surface area contributed by atoms with Crippen molar-refractivity contribution in [1.29, 1.82) is 0 Å². The van der Waals surface area contributed by atoms with Crippen LogP contribution in [0.1, 0.15) is 5.56 Å². The van der Waals surface area contributed by atoms with Gasteiger partial charge in [0.2, 0.25) is 0 Å². The predicted octanol–water partition coefficient (Wildman–Crippen LogP) is 2.85. The minimum atomic E-state index is 0.532. The number of hydrogen-bond acceptors (Lipinski definition) is 4. The summed E-state index contributed by atoms with van der Waals surface area (Å²) in [5.74, 6) is 0. The van der Waals surface area contributed by atoms with Crippen molar-refractivity contribution in [2.75, 3.05) is 0 Å². The molecule has 0 radical (unpaired) electrons. The molecule has 0 saturated heterocycles. The first-order valence-electron chi connectivity index (χ1n) is 4.72. The van der Waals surface area contributed by atoms with Gasteiger partial charge in [-0.1, -0.05) is 11.8 Å². The number of hydrogen-bond donors (Lipinski definition) is 1. The summed E-state index contributed by atoms with van der Waals surface area (Å²) >= 11 is 4.88. The van der Waals surface area contributed by atoms with Crippen LogP contribution < -0.4 is 5.73 Å². The average molecular weight is 296 g/mol. The fraction of sp³-hybridized carbons (Fsp3) is 0.0909. The largest absolute Gasteiger partial charge is 0.326 e. The molecular formula is C11H10BrN3S. The van der Waals surface area contributed by atoms with Crippen LogP contribution >= 0.6 is 27.7 Å². The highest BCUT2D eigenvalue weighted by atomic mass is 79.9. The van der Waals surface area contributed by atoms with Crippen LogP contribution in [0.4, 0.5) is 0 Å². The van der Waals surface area contributed by atoms with Crippen LogP contribution in [0.5, 0.6) is 0 Å². The maximum Gasteiger partial charge on any atom is 0.102 e. The van der Waals surface area contributed by atoms with Crippen molar-refractivity contribution in [2.24, 2.45) is 5.73 Å². The van der Waals surface area contributed by atoms with Gasteiger partial charge in [-0.3, -0.25) is 0 Å². The molecule has 0 aromatic carbocycles. The van der Waals surface area contributed by atoms with Crippen molar-refractivity contribution in [1.82, 2.24) is 9.97 Å². The second-order valence-corrected chi connectivity index (χ2v) is 5.08. The predicted molar refractivity (Wildman–Crippen MR) is 68.2 cm³/mol. The molecule has 0 aliphatic heterocycles. The molecule has 0 saturated carbocycles. The first kappa shape index (κ1) is 11.6. The number of nitrogens with zero attached hydrogens (tertiary/aromatic N) is 2. The summed E-state index contributed by atoms with van der Waals surface area (Å²) in [4.78, 5) is 8.53. The third-order valence-corrected chi connectivity index (χ3v) is 3.30. The Labute approximate surface area is 107 Å². The molecule has 0 fully saturated rings. The first-order chi connectivity index (χ1) is 7.78. The Kier molecular flexibility index (Phi) is 3.93. The molecule has 2 heterocycles. The lowest BCUT2D eigenvalue weighted by molar-refractivity contribution is 1.01. The average Bonchev–Trinajstić information content (AvgIpc) is 2.32. The minimum absolute atomic E-state index is 0.532. The highest BCUT2D eigenvalue weighted by Crippen LogP contribution is 2.25. The Morgan fingerprint density at radius 1 is 1.19 bits per heavy atom. The van der Waals surface area contributed by atoms with Crippen molar-refractivity contribution < 1.29 is 0 Å². The van der Waals surface area contributed by atoms with Gasteiger partial charge in [-0.05, 0) is 45.8 Å². The lowest BCUT2D eigenvalue weighted by Gasteiger charge is -2.02. The third kappa shape index (κ3) is 3.04. The summed E-state index contributed by atoms with van der Waals surface area (Å²) in [7, 11) is 0. The van der Waals surface area contributed by atoms with Crippen molar-refractivity contribution in [3.63, 3.8) is 0 Å². The molecule has 3 nitrogen and oxygen atoms in total. The van der Waals surface area contributed by atoms with E-state index in [1.807, 2.05) is 24.3 Å². The van der Waals surface area contributed by atoms with E-state index in [2.05, 4.69) is 25.9 Å². The molecule has 2 aromatic heterocycles. The van der Waals surface area contributed by atoms with Crippen LogP contribution in [-0.2, 0) is 6.54 Å². The number of halogens is 1. The maximum atomic E-state index is 5.57. The van der Waals surface area contributed by atoms with Gasteiger partial charge in [-0.15, -0.1) is 0 Å². The summed E-state index contributed by atoms with van der Waals surface area (Å²) in [6.07, 6.45) is 3.54. The maximum absolute atomic E-state index is 5.57. The molecule has 0 amide bonds. The molecule has 5 heteroatoms. The van der Waals surface area contributed by atoms with Crippen LogP contribution in [0, 0.1) is 0 Å². The fourth-order valence-electron chi connectivity index (χ4n) is 1.16. The smallest absolute Gasteiger partial charge is 0.102 e. The van der Waals surface area contributed by atoms with E-state index in [-0.39, 0.29) is 0 Å². The number of aromatic nitrogens is 2. The Morgan fingerprint density at radius 2 is 2.06 bits per heavy atom. The van der Waals surface area contributed by atoms with Crippen molar-refractivity contribution in [3.05, 3.63) is 46.7 Å². The highest BCUT2D eigenvalue weighted by Gasteiger charge is 2.00. The number of rotatable bonds is 3. The van der Waals surface area contributed by atoms with Crippen molar-refractivity contribution in [3.8, 4) is 0 Å². The van der Waals surface area contributed by atoms with Crippen LogP contribution in [-0.4, -0.2) is 9.97 Å². The van der Waals surface area contributed by atoms with Crippen LogP contribution in [0.3, 0.4) is 0 Å². The Bertz CT molecular complexity index is 473. The number of pyridine rings is 2. The van der Waals surface area contributed by atoms with Gasteiger partial charge in [0.05, 0.1) is 0 Å². The molecule has 82 valence electrons. The molecule has 0 aliphatic rings. The minimum Gasteiger partial charge on any atom is -0.326 e. The fourth-order valence-corrected chi connectivity index (χ4v) is 2.18. The van der Waals surface area contributed by atoms with E-state index in [0.717, 1.165) is 20.1 Å². The van der Waals surface area contributed by atoms with E-state index in [4.69, 9.17) is 5.73 Å². The summed E-state index contributed by atoms with van der Waals surface area (Å²) in [6.45, 7) is 0.532. The van der Waals surface area contributed by atoms with Gasteiger partial charge >= 0.3 is 0 Å². The summed E-state index contributed by atoms with van der Waals surface area (Å²) < 4.78 is 0.973. The molecule has 2 aromatic rings. The van der Waals surface area contributed by atoms with Gasteiger partial charge < -0.3 is 5.73 Å². The normalized spacial score (nSPS) is 10.4. The quantitative estimate of drug-likeness (QED) is 0.946.